The van der Waals surface area contributed by atoms with E-state index < -0.39 is 10.0 Å². The lowest BCUT2D eigenvalue weighted by molar-refractivity contribution is 0.414. The molecule has 0 atom stereocenters. The number of anilines is 1. The van der Waals surface area contributed by atoms with Crippen LogP contribution in [0.2, 0.25) is 0 Å². The molecule has 0 saturated heterocycles. The van der Waals surface area contributed by atoms with Gasteiger partial charge in [0.15, 0.2) is 0 Å². The average molecular weight is 279 g/mol. The van der Waals surface area contributed by atoms with Gasteiger partial charge in [0, 0.05) is 0 Å². The third-order valence-electron chi connectivity index (χ3n) is 2.52. The largest absolute Gasteiger partial charge is 0.506 e. The maximum Gasteiger partial charge on any atom is 0.262 e. The molecule has 0 heterocycles. The quantitative estimate of drug-likeness (QED) is 0.841. The maximum absolute atomic E-state index is 12.1. The molecule has 6 heteroatoms. The second kappa shape index (κ2) is 5.19. The van der Waals surface area contributed by atoms with Gasteiger partial charge in [-0.1, -0.05) is 12.1 Å². The van der Waals surface area contributed by atoms with Crippen LogP contribution in [0.15, 0.2) is 53.4 Å². The third kappa shape index (κ3) is 2.97. The molecule has 0 amide bonds. The van der Waals surface area contributed by atoms with E-state index >= 15 is 0 Å². The first-order valence-corrected chi connectivity index (χ1v) is 6.96. The summed E-state index contributed by atoms with van der Waals surface area (Å²) in [4.78, 5) is 0.0940. The third-order valence-corrected chi connectivity index (χ3v) is 3.90. The molecule has 5 nitrogen and oxygen atoms in total. The van der Waals surface area contributed by atoms with Gasteiger partial charge in [-0.25, -0.2) is 8.42 Å². The molecule has 0 aliphatic heterocycles. The van der Waals surface area contributed by atoms with Crippen LogP contribution in [-0.2, 0) is 10.0 Å². The topological polar surface area (TPSA) is 75.6 Å². The Bertz CT molecular complexity index is 665. The molecule has 2 rings (SSSR count). The Labute approximate surface area is 111 Å². The van der Waals surface area contributed by atoms with E-state index in [1.807, 2.05) is 0 Å². The van der Waals surface area contributed by atoms with Crippen molar-refractivity contribution in [3.63, 3.8) is 0 Å². The molecule has 0 aliphatic carbocycles. The number of ether oxygens (including phenoxy) is 1. The van der Waals surface area contributed by atoms with Crippen molar-refractivity contribution in [3.05, 3.63) is 48.5 Å². The van der Waals surface area contributed by atoms with E-state index in [4.69, 9.17) is 4.74 Å². The lowest BCUT2D eigenvalue weighted by Gasteiger charge is -2.09. The number of phenolic OH excluding ortho intramolecular Hbond substituents is 1. The van der Waals surface area contributed by atoms with Crippen LogP contribution in [0, 0.1) is 0 Å². The number of para-hydroxylation sites is 2. The van der Waals surface area contributed by atoms with Gasteiger partial charge in [0.25, 0.3) is 10.0 Å². The Morgan fingerprint density at radius 2 is 1.68 bits per heavy atom. The van der Waals surface area contributed by atoms with Crippen LogP contribution in [0.1, 0.15) is 0 Å². The standard InChI is InChI=1S/C13H13NO4S/c1-18-10-6-8-11(9-7-10)19(16,17)14-12-4-2-3-5-13(12)15/h2-9,14-15H,1H3. The number of aromatic hydroxyl groups is 1. The molecule has 0 bridgehead atoms. The predicted molar refractivity (Wildman–Crippen MR) is 71.9 cm³/mol. The highest BCUT2D eigenvalue weighted by atomic mass is 32.2. The van der Waals surface area contributed by atoms with Gasteiger partial charge in [-0.05, 0) is 36.4 Å². The molecule has 0 aromatic heterocycles. The van der Waals surface area contributed by atoms with Crippen LogP contribution in [0.5, 0.6) is 11.5 Å². The van der Waals surface area contributed by atoms with Gasteiger partial charge < -0.3 is 9.84 Å². The smallest absolute Gasteiger partial charge is 0.262 e. The zero-order chi connectivity index (χ0) is 13.9. The van der Waals surface area contributed by atoms with Crippen molar-refractivity contribution in [1.82, 2.24) is 0 Å². The summed E-state index contributed by atoms with van der Waals surface area (Å²) in [7, 11) is -2.22. The average Bonchev–Trinajstić information content (AvgIpc) is 2.41. The number of rotatable bonds is 4. The van der Waals surface area contributed by atoms with Crippen molar-refractivity contribution >= 4 is 15.7 Å². The summed E-state index contributed by atoms with van der Waals surface area (Å²) in [5.74, 6) is 0.445. The highest BCUT2D eigenvalue weighted by Gasteiger charge is 2.15. The van der Waals surface area contributed by atoms with Crippen LogP contribution < -0.4 is 9.46 Å². The van der Waals surface area contributed by atoms with Gasteiger partial charge in [-0.3, -0.25) is 4.72 Å². The van der Waals surface area contributed by atoms with E-state index in [1.54, 1.807) is 24.3 Å². The molecular formula is C13H13NO4S. The molecule has 2 N–H and O–H groups in total. The van der Waals surface area contributed by atoms with Crippen LogP contribution in [-0.4, -0.2) is 20.6 Å². The van der Waals surface area contributed by atoms with Crippen molar-refractivity contribution in [3.8, 4) is 11.5 Å². The zero-order valence-electron chi connectivity index (χ0n) is 10.2. The maximum atomic E-state index is 12.1. The summed E-state index contributed by atoms with van der Waals surface area (Å²) in [6, 6.07) is 12.1. The molecule has 0 unspecified atom stereocenters. The van der Waals surface area contributed by atoms with E-state index in [2.05, 4.69) is 4.72 Å². The molecule has 0 saturated carbocycles. The fraction of sp³-hybridized carbons (Fsp3) is 0.0769. The number of methoxy groups -OCH3 is 1. The number of hydrogen-bond donors (Lipinski definition) is 2. The molecular weight excluding hydrogens is 266 g/mol. The highest BCUT2D eigenvalue weighted by molar-refractivity contribution is 7.92. The zero-order valence-corrected chi connectivity index (χ0v) is 11.0. The molecule has 100 valence electrons. The number of sulfonamides is 1. The van der Waals surface area contributed by atoms with Gasteiger partial charge in [0.2, 0.25) is 0 Å². The molecule has 2 aromatic rings. The van der Waals surface area contributed by atoms with Crippen LogP contribution in [0.3, 0.4) is 0 Å². The molecule has 19 heavy (non-hydrogen) atoms. The Balaban J connectivity index is 2.30. The minimum absolute atomic E-state index is 0.0940. The van der Waals surface area contributed by atoms with E-state index in [1.165, 1.54) is 31.4 Å². The molecule has 0 fully saturated rings. The van der Waals surface area contributed by atoms with Crippen molar-refractivity contribution in [2.45, 2.75) is 4.90 Å². The predicted octanol–water partition coefficient (Wildman–Crippen LogP) is 2.20. The van der Waals surface area contributed by atoms with Crippen LogP contribution in [0.25, 0.3) is 0 Å². The summed E-state index contributed by atoms with van der Waals surface area (Å²) in [6.07, 6.45) is 0. The van der Waals surface area contributed by atoms with Crippen molar-refractivity contribution < 1.29 is 18.3 Å². The summed E-state index contributed by atoms with van der Waals surface area (Å²) in [5.41, 5.74) is 0.137. The van der Waals surface area contributed by atoms with Gasteiger partial charge in [-0.2, -0.15) is 0 Å². The Morgan fingerprint density at radius 1 is 1.05 bits per heavy atom. The van der Waals surface area contributed by atoms with Gasteiger partial charge in [-0.15, -0.1) is 0 Å². The minimum Gasteiger partial charge on any atom is -0.506 e. The summed E-state index contributed by atoms with van der Waals surface area (Å²) in [6.45, 7) is 0. The summed E-state index contributed by atoms with van der Waals surface area (Å²) in [5, 5.41) is 9.56. The van der Waals surface area contributed by atoms with E-state index in [-0.39, 0.29) is 16.3 Å². The first kappa shape index (κ1) is 13.2. The highest BCUT2D eigenvalue weighted by Crippen LogP contribution is 2.25. The SMILES string of the molecule is COc1ccc(S(=O)(=O)Nc2ccccc2O)cc1. The van der Waals surface area contributed by atoms with E-state index in [9.17, 15) is 13.5 Å². The van der Waals surface area contributed by atoms with Gasteiger partial charge in [0.1, 0.15) is 11.5 Å². The van der Waals surface area contributed by atoms with Crippen molar-refractivity contribution in [2.24, 2.45) is 0 Å². The fourth-order valence-corrected chi connectivity index (χ4v) is 2.59. The van der Waals surface area contributed by atoms with Crippen LogP contribution >= 0.6 is 0 Å². The second-order valence-electron chi connectivity index (χ2n) is 3.80. The Kier molecular flexibility index (Phi) is 3.62. The van der Waals surface area contributed by atoms with Gasteiger partial charge >= 0.3 is 0 Å². The normalized spacial score (nSPS) is 11.0. The lowest BCUT2D eigenvalue weighted by Crippen LogP contribution is -2.12. The molecule has 0 aliphatic rings. The molecule has 0 spiro atoms. The van der Waals surface area contributed by atoms with E-state index in [0.29, 0.717) is 5.75 Å². The molecule has 0 radical (unpaired) electrons. The number of hydrogen-bond acceptors (Lipinski definition) is 4. The summed E-state index contributed by atoms with van der Waals surface area (Å²) >= 11 is 0. The first-order valence-electron chi connectivity index (χ1n) is 5.48. The number of phenols is 1. The van der Waals surface area contributed by atoms with E-state index in [0.717, 1.165) is 0 Å². The van der Waals surface area contributed by atoms with Crippen molar-refractivity contribution in [2.75, 3.05) is 11.8 Å². The molecule has 2 aromatic carbocycles. The number of benzene rings is 2. The Morgan fingerprint density at radius 3 is 2.26 bits per heavy atom. The Hall–Kier alpha value is -2.21. The number of nitrogens with one attached hydrogen (secondary N) is 1. The minimum atomic E-state index is -3.73. The van der Waals surface area contributed by atoms with Crippen molar-refractivity contribution in [1.29, 1.82) is 0 Å². The first-order chi connectivity index (χ1) is 9.03. The summed E-state index contributed by atoms with van der Waals surface area (Å²) < 4.78 is 31.5. The van der Waals surface area contributed by atoms with Crippen LogP contribution in [0.4, 0.5) is 5.69 Å². The lowest BCUT2D eigenvalue weighted by atomic mass is 10.3. The van der Waals surface area contributed by atoms with Gasteiger partial charge in [0.05, 0.1) is 17.7 Å². The monoisotopic (exact) mass is 279 g/mol. The fourth-order valence-electron chi connectivity index (χ4n) is 1.52. The second-order valence-corrected chi connectivity index (χ2v) is 5.48.